The second-order valence-corrected chi connectivity index (χ2v) is 9.12. The van der Waals surface area contributed by atoms with Gasteiger partial charge in [0.05, 0.1) is 11.3 Å². The minimum atomic E-state index is -1.23. The van der Waals surface area contributed by atoms with Crippen LogP contribution in [0.5, 0.6) is 11.5 Å². The number of hydrogen-bond donors (Lipinski definition) is 3. The van der Waals surface area contributed by atoms with E-state index in [-0.39, 0.29) is 17.9 Å². The molecule has 0 radical (unpaired) electrons. The fraction of sp³-hybridized carbons (Fsp3) is 0.156. The summed E-state index contributed by atoms with van der Waals surface area (Å²) in [6.07, 6.45) is 0.00401. The molecule has 2 amide bonds. The summed E-state index contributed by atoms with van der Waals surface area (Å²) in [4.78, 5) is 36.6. The Labute approximate surface area is 232 Å². The molecule has 1 atom stereocenters. The molecule has 3 N–H and O–H groups in total. The minimum absolute atomic E-state index is 0.00401. The zero-order valence-electron chi connectivity index (χ0n) is 22.0. The molecule has 0 spiro atoms. The van der Waals surface area contributed by atoms with E-state index in [9.17, 15) is 19.5 Å². The van der Waals surface area contributed by atoms with E-state index < -0.39 is 17.9 Å². The first-order chi connectivity index (χ1) is 19.4. The van der Waals surface area contributed by atoms with Crippen LogP contribution in [-0.4, -0.2) is 28.9 Å². The number of carbonyl (C=O) groups excluding carboxylic acids is 2. The van der Waals surface area contributed by atoms with Crippen LogP contribution >= 0.6 is 0 Å². The van der Waals surface area contributed by atoms with Gasteiger partial charge in [-0.15, -0.1) is 0 Å². The van der Waals surface area contributed by atoms with Crippen LogP contribution in [0.1, 0.15) is 34.0 Å². The molecule has 0 aliphatic carbocycles. The molecule has 204 valence electrons. The van der Waals surface area contributed by atoms with Gasteiger partial charge in [-0.05, 0) is 41.0 Å². The Morgan fingerprint density at radius 1 is 0.725 bits per heavy atom. The average Bonchev–Trinajstić information content (AvgIpc) is 2.96. The highest BCUT2D eigenvalue weighted by Crippen LogP contribution is 2.31. The lowest BCUT2D eigenvalue weighted by molar-refractivity contribution is -0.139. The predicted octanol–water partition coefficient (Wildman–Crippen LogP) is 5.23. The van der Waals surface area contributed by atoms with E-state index >= 15 is 0 Å². The number of anilines is 1. The lowest BCUT2D eigenvalue weighted by atomic mass is 10.0. The molecule has 0 fully saturated rings. The second-order valence-electron chi connectivity index (χ2n) is 9.12. The lowest BCUT2D eigenvalue weighted by Crippen LogP contribution is -2.42. The van der Waals surface area contributed by atoms with E-state index in [2.05, 4.69) is 10.6 Å². The molecule has 8 heteroatoms. The SMILES string of the molecule is CC(=O)Nc1ccccc1C(=O)N[C@@H](Cc1ccc(OCc2ccccc2)c(OCc2ccccc2)c1)C(=O)O. The molecule has 0 saturated carbocycles. The van der Waals surface area contributed by atoms with Gasteiger partial charge in [-0.1, -0.05) is 78.9 Å². The fourth-order valence-corrected chi connectivity index (χ4v) is 4.03. The number of carbonyl (C=O) groups is 3. The Kier molecular flexibility index (Phi) is 9.50. The normalized spacial score (nSPS) is 11.2. The highest BCUT2D eigenvalue weighted by atomic mass is 16.5. The molecule has 0 unspecified atom stereocenters. The van der Waals surface area contributed by atoms with Crippen molar-refractivity contribution in [3.63, 3.8) is 0 Å². The molecular weight excluding hydrogens is 508 g/mol. The van der Waals surface area contributed by atoms with Crippen molar-refractivity contribution in [3.8, 4) is 11.5 Å². The third-order valence-electron chi connectivity index (χ3n) is 6.01. The molecule has 0 aliphatic rings. The molecule has 40 heavy (non-hydrogen) atoms. The van der Waals surface area contributed by atoms with E-state index in [1.54, 1.807) is 36.4 Å². The molecular formula is C32H30N2O6. The molecule has 0 aliphatic heterocycles. The zero-order valence-corrected chi connectivity index (χ0v) is 22.0. The van der Waals surface area contributed by atoms with Gasteiger partial charge in [0.2, 0.25) is 5.91 Å². The molecule has 0 saturated heterocycles. The number of rotatable bonds is 12. The number of benzene rings is 4. The Balaban J connectivity index is 1.53. The van der Waals surface area contributed by atoms with Crippen LogP contribution in [0.3, 0.4) is 0 Å². The van der Waals surface area contributed by atoms with E-state index in [1.807, 2.05) is 60.7 Å². The molecule has 8 nitrogen and oxygen atoms in total. The maximum absolute atomic E-state index is 13.0. The van der Waals surface area contributed by atoms with Gasteiger partial charge in [0.15, 0.2) is 11.5 Å². The standard InChI is InChI=1S/C32H30N2O6/c1-22(35)33-27-15-9-8-14-26(27)31(36)34-28(32(37)38)18-25-16-17-29(39-20-23-10-4-2-5-11-23)30(19-25)40-21-24-12-6-3-7-13-24/h2-17,19,28H,18,20-21H2,1H3,(H,33,35)(H,34,36)(H,37,38)/t28-/m0/s1. The van der Waals surface area contributed by atoms with Crippen molar-refractivity contribution in [2.75, 3.05) is 5.32 Å². The van der Waals surface area contributed by atoms with Crippen molar-refractivity contribution < 1.29 is 29.0 Å². The monoisotopic (exact) mass is 538 g/mol. The Bertz CT molecular complexity index is 1460. The predicted molar refractivity (Wildman–Crippen MR) is 151 cm³/mol. The van der Waals surface area contributed by atoms with E-state index in [4.69, 9.17) is 9.47 Å². The van der Waals surface area contributed by atoms with Gasteiger partial charge in [0, 0.05) is 13.3 Å². The first-order valence-corrected chi connectivity index (χ1v) is 12.8. The summed E-state index contributed by atoms with van der Waals surface area (Å²) in [6, 6.07) is 29.8. The van der Waals surface area contributed by atoms with Gasteiger partial charge in [-0.3, -0.25) is 9.59 Å². The van der Waals surface area contributed by atoms with E-state index in [1.165, 1.54) is 13.0 Å². The van der Waals surface area contributed by atoms with Crippen molar-refractivity contribution >= 4 is 23.5 Å². The molecule has 0 aromatic heterocycles. The molecule has 4 aromatic carbocycles. The maximum atomic E-state index is 13.0. The smallest absolute Gasteiger partial charge is 0.326 e. The number of carboxylic acid groups (broad SMARTS) is 1. The van der Waals surface area contributed by atoms with Gasteiger partial charge in [-0.25, -0.2) is 4.79 Å². The number of hydrogen-bond acceptors (Lipinski definition) is 5. The lowest BCUT2D eigenvalue weighted by Gasteiger charge is -2.18. The first kappa shape index (κ1) is 27.9. The summed E-state index contributed by atoms with van der Waals surface area (Å²) in [7, 11) is 0. The van der Waals surface area contributed by atoms with Crippen molar-refractivity contribution in [1.29, 1.82) is 0 Å². The summed E-state index contributed by atoms with van der Waals surface area (Å²) >= 11 is 0. The number of aliphatic carboxylic acids is 1. The molecule has 0 bridgehead atoms. The largest absolute Gasteiger partial charge is 0.485 e. The first-order valence-electron chi connectivity index (χ1n) is 12.8. The van der Waals surface area contributed by atoms with E-state index in [0.29, 0.717) is 36.0 Å². The number of amides is 2. The topological polar surface area (TPSA) is 114 Å². The van der Waals surface area contributed by atoms with Gasteiger partial charge >= 0.3 is 5.97 Å². The fourth-order valence-electron chi connectivity index (χ4n) is 4.03. The van der Waals surface area contributed by atoms with Gasteiger partial charge in [0.25, 0.3) is 5.91 Å². The van der Waals surface area contributed by atoms with E-state index in [0.717, 1.165) is 11.1 Å². The third-order valence-corrected chi connectivity index (χ3v) is 6.01. The molecule has 4 rings (SSSR count). The number of nitrogens with one attached hydrogen (secondary N) is 2. The summed E-state index contributed by atoms with van der Waals surface area (Å²) in [5.74, 6) is -1.17. The molecule has 4 aromatic rings. The highest BCUT2D eigenvalue weighted by Gasteiger charge is 2.23. The van der Waals surface area contributed by atoms with Crippen LogP contribution in [0.4, 0.5) is 5.69 Å². The van der Waals surface area contributed by atoms with Gasteiger partial charge in [0.1, 0.15) is 19.3 Å². The Hall–Kier alpha value is -5.11. The summed E-state index contributed by atoms with van der Waals surface area (Å²) in [5, 5.41) is 15.1. The maximum Gasteiger partial charge on any atom is 0.326 e. The van der Waals surface area contributed by atoms with Crippen molar-refractivity contribution in [1.82, 2.24) is 5.32 Å². The second kappa shape index (κ2) is 13.6. The number of carboxylic acids is 1. The number of para-hydroxylation sites is 1. The quantitative estimate of drug-likeness (QED) is 0.228. The summed E-state index contributed by atoms with van der Waals surface area (Å²) in [6.45, 7) is 1.97. The van der Waals surface area contributed by atoms with Crippen LogP contribution in [0.25, 0.3) is 0 Å². The Morgan fingerprint density at radius 2 is 1.30 bits per heavy atom. The summed E-state index contributed by atoms with van der Waals surface area (Å²) < 4.78 is 12.1. The third kappa shape index (κ3) is 7.94. The minimum Gasteiger partial charge on any atom is -0.485 e. The van der Waals surface area contributed by atoms with Crippen LogP contribution in [-0.2, 0) is 29.2 Å². The summed E-state index contributed by atoms with van der Waals surface area (Å²) in [5.41, 5.74) is 3.07. The van der Waals surface area contributed by atoms with Crippen LogP contribution < -0.4 is 20.1 Å². The van der Waals surface area contributed by atoms with Crippen LogP contribution in [0, 0.1) is 0 Å². The molecule has 0 heterocycles. The van der Waals surface area contributed by atoms with Crippen molar-refractivity contribution in [2.45, 2.75) is 32.6 Å². The van der Waals surface area contributed by atoms with Gasteiger partial charge in [-0.2, -0.15) is 0 Å². The highest BCUT2D eigenvalue weighted by molar-refractivity contribution is 6.04. The Morgan fingerprint density at radius 3 is 1.90 bits per heavy atom. The van der Waals surface area contributed by atoms with Crippen LogP contribution in [0.2, 0.25) is 0 Å². The number of ether oxygens (including phenoxy) is 2. The van der Waals surface area contributed by atoms with Crippen molar-refractivity contribution in [2.24, 2.45) is 0 Å². The van der Waals surface area contributed by atoms with Crippen LogP contribution in [0.15, 0.2) is 103 Å². The average molecular weight is 539 g/mol. The van der Waals surface area contributed by atoms with Gasteiger partial charge < -0.3 is 25.2 Å². The van der Waals surface area contributed by atoms with Crippen molar-refractivity contribution in [3.05, 3.63) is 125 Å². The zero-order chi connectivity index (χ0) is 28.3.